The molecule has 0 bridgehead atoms. The summed E-state index contributed by atoms with van der Waals surface area (Å²) in [7, 11) is 0. The standard InChI is InChI=1S/C15H23/c1-2-3-4-5-6-7-9-12-15-13-10-8-11-14-15/h7-8,10-11,13-14H,2-6,9,12H2,1H3. The number of unbranched alkanes of at least 4 members (excludes halogenated alkanes) is 6. The summed E-state index contributed by atoms with van der Waals surface area (Å²) in [6.45, 7) is 2.26. The van der Waals surface area contributed by atoms with Crippen LogP contribution in [0.2, 0.25) is 0 Å². The van der Waals surface area contributed by atoms with Crippen LogP contribution in [0.25, 0.3) is 0 Å². The van der Waals surface area contributed by atoms with Gasteiger partial charge in [-0.3, -0.25) is 0 Å². The average molecular weight is 203 g/mol. The van der Waals surface area contributed by atoms with Gasteiger partial charge in [-0.1, -0.05) is 69.4 Å². The topological polar surface area (TPSA) is 0 Å². The molecule has 1 rings (SSSR count). The van der Waals surface area contributed by atoms with Crippen molar-refractivity contribution >= 4 is 0 Å². The zero-order valence-electron chi connectivity index (χ0n) is 9.91. The van der Waals surface area contributed by atoms with E-state index < -0.39 is 0 Å². The Morgan fingerprint density at radius 2 is 1.73 bits per heavy atom. The summed E-state index contributed by atoms with van der Waals surface area (Å²) in [5.74, 6) is 0. The van der Waals surface area contributed by atoms with Gasteiger partial charge in [-0.05, 0) is 24.8 Å². The highest BCUT2D eigenvalue weighted by atomic mass is 14.0. The van der Waals surface area contributed by atoms with Crippen LogP contribution >= 0.6 is 0 Å². The van der Waals surface area contributed by atoms with E-state index in [1.165, 1.54) is 50.5 Å². The third kappa shape index (κ3) is 6.33. The molecule has 0 N–H and O–H groups in total. The van der Waals surface area contributed by atoms with E-state index in [0.717, 1.165) is 0 Å². The Bertz CT molecular complexity index is 225. The van der Waals surface area contributed by atoms with Crippen molar-refractivity contribution in [2.45, 2.75) is 51.9 Å². The van der Waals surface area contributed by atoms with Crippen molar-refractivity contribution in [3.05, 3.63) is 42.3 Å². The molecule has 0 unspecified atom stereocenters. The molecule has 1 radical (unpaired) electrons. The molecular weight excluding hydrogens is 180 g/mol. The Morgan fingerprint density at radius 3 is 2.47 bits per heavy atom. The Balaban J connectivity index is 1.93. The quantitative estimate of drug-likeness (QED) is 0.533. The smallest absolute Gasteiger partial charge is 0.0276 e. The third-order valence-electron chi connectivity index (χ3n) is 2.74. The van der Waals surface area contributed by atoms with Gasteiger partial charge in [-0.15, -0.1) is 0 Å². The molecule has 1 aromatic carbocycles. The molecule has 83 valence electrons. The van der Waals surface area contributed by atoms with Crippen LogP contribution in [0.3, 0.4) is 0 Å². The zero-order valence-corrected chi connectivity index (χ0v) is 9.91. The van der Waals surface area contributed by atoms with Crippen molar-refractivity contribution in [1.82, 2.24) is 0 Å². The Labute approximate surface area is 94.7 Å². The minimum absolute atomic E-state index is 1.20. The molecule has 0 aliphatic heterocycles. The Kier molecular flexibility index (Phi) is 6.98. The fraction of sp³-hybridized carbons (Fsp3) is 0.533. The van der Waals surface area contributed by atoms with E-state index in [2.05, 4.69) is 43.7 Å². The first kappa shape index (κ1) is 12.3. The molecule has 0 aromatic heterocycles. The van der Waals surface area contributed by atoms with E-state index in [0.29, 0.717) is 0 Å². The van der Waals surface area contributed by atoms with Gasteiger partial charge >= 0.3 is 0 Å². The predicted molar refractivity (Wildman–Crippen MR) is 67.8 cm³/mol. The van der Waals surface area contributed by atoms with E-state index in [4.69, 9.17) is 0 Å². The number of benzene rings is 1. The highest BCUT2D eigenvalue weighted by Gasteiger charge is 1.93. The summed E-state index contributed by atoms with van der Waals surface area (Å²) in [6, 6.07) is 10.8. The monoisotopic (exact) mass is 203 g/mol. The molecule has 0 fully saturated rings. The second-order valence-corrected chi connectivity index (χ2v) is 4.16. The molecule has 0 aliphatic carbocycles. The molecule has 15 heavy (non-hydrogen) atoms. The highest BCUT2D eigenvalue weighted by Crippen LogP contribution is 2.09. The maximum Gasteiger partial charge on any atom is -0.0276 e. The molecule has 0 nitrogen and oxygen atoms in total. The van der Waals surface area contributed by atoms with Gasteiger partial charge in [-0.2, -0.15) is 0 Å². The second kappa shape index (κ2) is 8.52. The normalized spacial score (nSPS) is 10.5. The van der Waals surface area contributed by atoms with Crippen LogP contribution in [0.5, 0.6) is 0 Å². The summed E-state index contributed by atoms with van der Waals surface area (Å²) in [5.41, 5.74) is 1.46. The Morgan fingerprint density at radius 1 is 0.933 bits per heavy atom. The molecule has 0 saturated heterocycles. The molecular formula is C15H23. The van der Waals surface area contributed by atoms with Crippen LogP contribution in [-0.2, 0) is 6.42 Å². The van der Waals surface area contributed by atoms with Gasteiger partial charge in [0.05, 0.1) is 0 Å². The van der Waals surface area contributed by atoms with Crippen molar-refractivity contribution in [2.75, 3.05) is 0 Å². The summed E-state index contributed by atoms with van der Waals surface area (Å²) >= 11 is 0. The molecule has 0 saturated carbocycles. The van der Waals surface area contributed by atoms with E-state index in [9.17, 15) is 0 Å². The van der Waals surface area contributed by atoms with Gasteiger partial charge < -0.3 is 0 Å². The molecule has 0 spiro atoms. The largest absolute Gasteiger partial charge is 0.0654 e. The lowest BCUT2D eigenvalue weighted by molar-refractivity contribution is 0.651. The van der Waals surface area contributed by atoms with Gasteiger partial charge in [0.25, 0.3) is 0 Å². The van der Waals surface area contributed by atoms with E-state index in [1.54, 1.807) is 0 Å². The lowest BCUT2D eigenvalue weighted by atomic mass is 10.0. The minimum Gasteiger partial charge on any atom is -0.0654 e. The molecule has 0 heterocycles. The lowest BCUT2D eigenvalue weighted by Crippen LogP contribution is -1.86. The van der Waals surface area contributed by atoms with Gasteiger partial charge in [0.1, 0.15) is 0 Å². The van der Waals surface area contributed by atoms with E-state index >= 15 is 0 Å². The maximum absolute atomic E-state index is 2.45. The van der Waals surface area contributed by atoms with Crippen molar-refractivity contribution < 1.29 is 0 Å². The zero-order chi connectivity index (χ0) is 10.8. The van der Waals surface area contributed by atoms with Crippen LogP contribution in [0, 0.1) is 6.42 Å². The van der Waals surface area contributed by atoms with Crippen molar-refractivity contribution in [1.29, 1.82) is 0 Å². The summed E-state index contributed by atoms with van der Waals surface area (Å²) in [4.78, 5) is 0. The summed E-state index contributed by atoms with van der Waals surface area (Å²) < 4.78 is 0. The van der Waals surface area contributed by atoms with Crippen molar-refractivity contribution in [3.63, 3.8) is 0 Å². The van der Waals surface area contributed by atoms with Crippen LogP contribution in [0.1, 0.15) is 51.0 Å². The lowest BCUT2D eigenvalue weighted by Gasteiger charge is -2.01. The fourth-order valence-electron chi connectivity index (χ4n) is 1.77. The first-order valence-corrected chi connectivity index (χ1v) is 6.29. The first-order chi connectivity index (χ1) is 7.43. The number of hydrogen-bond acceptors (Lipinski definition) is 0. The minimum atomic E-state index is 1.20. The van der Waals surface area contributed by atoms with Crippen LogP contribution in [0.15, 0.2) is 30.3 Å². The Hall–Kier alpha value is -0.780. The van der Waals surface area contributed by atoms with Crippen LogP contribution in [0.4, 0.5) is 0 Å². The van der Waals surface area contributed by atoms with Gasteiger partial charge in [0.15, 0.2) is 0 Å². The highest BCUT2D eigenvalue weighted by molar-refractivity contribution is 5.14. The van der Waals surface area contributed by atoms with Crippen molar-refractivity contribution in [2.24, 2.45) is 0 Å². The van der Waals surface area contributed by atoms with Gasteiger partial charge in [-0.25, -0.2) is 0 Å². The number of aryl methyl sites for hydroxylation is 1. The third-order valence-corrected chi connectivity index (χ3v) is 2.74. The fourth-order valence-corrected chi connectivity index (χ4v) is 1.77. The van der Waals surface area contributed by atoms with Crippen LogP contribution in [-0.4, -0.2) is 0 Å². The molecule has 0 amide bonds. The molecule has 0 atom stereocenters. The summed E-state index contributed by atoms with van der Waals surface area (Å²) in [6.07, 6.45) is 11.7. The maximum atomic E-state index is 2.45. The van der Waals surface area contributed by atoms with Gasteiger partial charge in [0, 0.05) is 0 Å². The van der Waals surface area contributed by atoms with E-state index in [1.807, 2.05) is 0 Å². The molecule has 0 heteroatoms. The van der Waals surface area contributed by atoms with Crippen molar-refractivity contribution in [3.8, 4) is 0 Å². The molecule has 1 aromatic rings. The second-order valence-electron chi connectivity index (χ2n) is 4.16. The number of hydrogen-bond donors (Lipinski definition) is 0. The van der Waals surface area contributed by atoms with E-state index in [-0.39, 0.29) is 0 Å². The predicted octanol–water partition coefficient (Wildman–Crippen LogP) is 4.79. The molecule has 0 aliphatic rings. The summed E-state index contributed by atoms with van der Waals surface area (Å²) in [5, 5.41) is 0. The number of rotatable bonds is 8. The first-order valence-electron chi connectivity index (χ1n) is 6.29. The van der Waals surface area contributed by atoms with Crippen LogP contribution < -0.4 is 0 Å². The average Bonchev–Trinajstić information content (AvgIpc) is 2.29. The SMILES string of the molecule is CCCCCC[CH]CCc1ccccc1. The van der Waals surface area contributed by atoms with Gasteiger partial charge in [0.2, 0.25) is 0 Å².